The number of halogens is 2. The third-order valence-corrected chi connectivity index (χ3v) is 4.80. The Morgan fingerprint density at radius 3 is 2.62 bits per heavy atom. The van der Waals surface area contributed by atoms with Crippen molar-refractivity contribution >= 4 is 45.9 Å². The number of oxazole rings is 1. The highest BCUT2D eigenvalue weighted by Gasteiger charge is 2.13. The topological polar surface area (TPSA) is 64.4 Å². The van der Waals surface area contributed by atoms with E-state index in [1.807, 2.05) is 6.92 Å². The van der Waals surface area contributed by atoms with Crippen molar-refractivity contribution in [2.75, 3.05) is 11.9 Å². The number of rotatable bonds is 5. The van der Waals surface area contributed by atoms with Crippen LogP contribution >= 0.6 is 23.2 Å². The quantitative estimate of drug-likeness (QED) is 0.397. The summed E-state index contributed by atoms with van der Waals surface area (Å²) in [6.07, 6.45) is 0. The monoisotopic (exact) mass is 426 g/mol. The van der Waals surface area contributed by atoms with Gasteiger partial charge in [-0.25, -0.2) is 4.98 Å². The van der Waals surface area contributed by atoms with Crippen LogP contribution in [0.1, 0.15) is 17.3 Å². The molecule has 0 saturated heterocycles. The number of nitrogens with one attached hydrogen (secondary N) is 1. The van der Waals surface area contributed by atoms with E-state index >= 15 is 0 Å². The summed E-state index contributed by atoms with van der Waals surface area (Å²) in [4.78, 5) is 17.1. The van der Waals surface area contributed by atoms with Crippen molar-refractivity contribution in [2.24, 2.45) is 0 Å². The second-order valence-corrected chi connectivity index (χ2v) is 7.08. The Morgan fingerprint density at radius 1 is 1.07 bits per heavy atom. The summed E-state index contributed by atoms with van der Waals surface area (Å²) < 4.78 is 11.2. The zero-order valence-electron chi connectivity index (χ0n) is 15.4. The van der Waals surface area contributed by atoms with Gasteiger partial charge in [-0.2, -0.15) is 0 Å². The first-order chi connectivity index (χ1) is 14.0. The highest BCUT2D eigenvalue weighted by molar-refractivity contribution is 6.34. The molecule has 0 unspecified atom stereocenters. The number of fused-ring (bicyclic) bond motifs is 1. The van der Waals surface area contributed by atoms with Gasteiger partial charge in [-0.05, 0) is 67.6 Å². The number of anilines is 1. The highest BCUT2D eigenvalue weighted by Crippen LogP contribution is 2.31. The number of carbonyl (C=O) groups excluding carboxylic acids is 1. The van der Waals surface area contributed by atoms with E-state index in [1.165, 1.54) is 0 Å². The van der Waals surface area contributed by atoms with Crippen molar-refractivity contribution < 1.29 is 13.9 Å². The van der Waals surface area contributed by atoms with E-state index in [1.54, 1.807) is 60.7 Å². The number of benzene rings is 3. The Hall–Kier alpha value is -3.02. The minimum Gasteiger partial charge on any atom is -0.494 e. The Morgan fingerprint density at radius 2 is 1.86 bits per heavy atom. The largest absolute Gasteiger partial charge is 0.494 e. The number of ether oxygens (including phenoxy) is 1. The molecule has 1 aromatic heterocycles. The predicted molar refractivity (Wildman–Crippen MR) is 115 cm³/mol. The third kappa shape index (κ3) is 4.21. The van der Waals surface area contributed by atoms with Gasteiger partial charge in [-0.3, -0.25) is 4.79 Å². The van der Waals surface area contributed by atoms with Gasteiger partial charge in [-0.15, -0.1) is 0 Å². The molecule has 1 N–H and O–H groups in total. The van der Waals surface area contributed by atoms with Crippen molar-refractivity contribution in [3.8, 4) is 17.2 Å². The molecule has 0 aliphatic heterocycles. The standard InChI is InChI=1S/C22H16Cl2N2O3/c1-2-28-16-7-3-13(4-8-16)21(27)25-18-11-14(5-9-17(18)24)22-26-19-12-15(23)6-10-20(19)29-22/h3-12H,2H2,1H3,(H,25,27). The lowest BCUT2D eigenvalue weighted by molar-refractivity contribution is 0.102. The van der Waals surface area contributed by atoms with Crippen LogP contribution in [0, 0.1) is 0 Å². The van der Waals surface area contributed by atoms with E-state index in [-0.39, 0.29) is 5.91 Å². The number of nitrogens with zero attached hydrogens (tertiary/aromatic N) is 1. The average molecular weight is 427 g/mol. The molecule has 7 heteroatoms. The van der Waals surface area contributed by atoms with Gasteiger partial charge in [0.15, 0.2) is 5.58 Å². The molecule has 0 spiro atoms. The maximum Gasteiger partial charge on any atom is 0.255 e. The summed E-state index contributed by atoms with van der Waals surface area (Å²) in [6.45, 7) is 2.47. The second-order valence-electron chi connectivity index (χ2n) is 6.24. The number of hydrogen-bond donors (Lipinski definition) is 1. The van der Waals surface area contributed by atoms with Crippen molar-refractivity contribution in [3.05, 3.63) is 76.3 Å². The van der Waals surface area contributed by atoms with Crippen molar-refractivity contribution in [3.63, 3.8) is 0 Å². The maximum atomic E-state index is 12.6. The number of carbonyl (C=O) groups is 1. The zero-order valence-corrected chi connectivity index (χ0v) is 16.9. The molecule has 1 heterocycles. The summed E-state index contributed by atoms with van der Waals surface area (Å²) in [6, 6.07) is 17.3. The molecule has 1 amide bonds. The molecule has 0 fully saturated rings. The summed E-state index contributed by atoms with van der Waals surface area (Å²) in [7, 11) is 0. The highest BCUT2D eigenvalue weighted by atomic mass is 35.5. The zero-order chi connectivity index (χ0) is 20.4. The normalized spacial score (nSPS) is 10.9. The van der Waals surface area contributed by atoms with Crippen LogP contribution in [0.4, 0.5) is 5.69 Å². The number of hydrogen-bond acceptors (Lipinski definition) is 4. The molecule has 0 bridgehead atoms. The van der Waals surface area contributed by atoms with Crippen molar-refractivity contribution in [2.45, 2.75) is 6.92 Å². The van der Waals surface area contributed by atoms with Gasteiger partial charge in [0.05, 0.1) is 17.3 Å². The molecule has 4 rings (SSSR count). The lowest BCUT2D eigenvalue weighted by Gasteiger charge is -2.09. The van der Waals surface area contributed by atoms with Crippen LogP contribution in [-0.4, -0.2) is 17.5 Å². The molecule has 146 valence electrons. The van der Waals surface area contributed by atoms with Crippen LogP contribution in [-0.2, 0) is 0 Å². The molecule has 4 aromatic rings. The smallest absolute Gasteiger partial charge is 0.255 e. The first-order valence-corrected chi connectivity index (χ1v) is 9.69. The van der Waals surface area contributed by atoms with Gasteiger partial charge < -0.3 is 14.5 Å². The molecule has 29 heavy (non-hydrogen) atoms. The van der Waals surface area contributed by atoms with Crippen LogP contribution in [0.3, 0.4) is 0 Å². The van der Waals surface area contributed by atoms with Crippen LogP contribution in [0.2, 0.25) is 10.0 Å². The molecular weight excluding hydrogens is 411 g/mol. The Kier molecular flexibility index (Phi) is 5.43. The summed E-state index contributed by atoms with van der Waals surface area (Å²) in [5, 5.41) is 3.82. The van der Waals surface area contributed by atoms with E-state index in [0.717, 1.165) is 0 Å². The number of amides is 1. The Bertz CT molecular complexity index is 1190. The van der Waals surface area contributed by atoms with Gasteiger partial charge in [-0.1, -0.05) is 23.2 Å². The van der Waals surface area contributed by atoms with Crippen LogP contribution in [0.15, 0.2) is 65.1 Å². The van der Waals surface area contributed by atoms with E-state index in [9.17, 15) is 4.79 Å². The summed E-state index contributed by atoms with van der Waals surface area (Å²) >= 11 is 12.3. The number of aromatic nitrogens is 1. The van der Waals surface area contributed by atoms with Gasteiger partial charge in [0, 0.05) is 16.1 Å². The third-order valence-electron chi connectivity index (χ3n) is 4.24. The van der Waals surface area contributed by atoms with Crippen LogP contribution in [0.5, 0.6) is 5.75 Å². The minimum absolute atomic E-state index is 0.281. The van der Waals surface area contributed by atoms with E-state index in [0.29, 0.717) is 56.2 Å². The Labute approximate surface area is 177 Å². The van der Waals surface area contributed by atoms with Crippen molar-refractivity contribution in [1.29, 1.82) is 0 Å². The van der Waals surface area contributed by atoms with Crippen LogP contribution in [0.25, 0.3) is 22.6 Å². The van der Waals surface area contributed by atoms with Gasteiger partial charge in [0.25, 0.3) is 5.91 Å². The molecule has 0 aliphatic carbocycles. The summed E-state index contributed by atoms with van der Waals surface area (Å²) in [5.74, 6) is 0.840. The first-order valence-electron chi connectivity index (χ1n) is 8.93. The molecule has 0 radical (unpaired) electrons. The fourth-order valence-electron chi connectivity index (χ4n) is 2.84. The molecule has 5 nitrogen and oxygen atoms in total. The van der Waals surface area contributed by atoms with Gasteiger partial charge in [0.2, 0.25) is 5.89 Å². The molecular formula is C22H16Cl2N2O3. The Balaban J connectivity index is 1.60. The maximum absolute atomic E-state index is 12.6. The van der Waals surface area contributed by atoms with E-state index in [2.05, 4.69) is 10.3 Å². The predicted octanol–water partition coefficient (Wildman–Crippen LogP) is 6.45. The fourth-order valence-corrected chi connectivity index (χ4v) is 3.17. The second kappa shape index (κ2) is 8.15. The molecule has 0 aliphatic rings. The van der Waals surface area contributed by atoms with Crippen molar-refractivity contribution in [1.82, 2.24) is 4.98 Å². The average Bonchev–Trinajstić information content (AvgIpc) is 3.13. The van der Waals surface area contributed by atoms with Gasteiger partial charge in [0.1, 0.15) is 11.3 Å². The fraction of sp³-hybridized carbons (Fsp3) is 0.0909. The van der Waals surface area contributed by atoms with Gasteiger partial charge >= 0.3 is 0 Å². The molecule has 0 saturated carbocycles. The first kappa shape index (κ1) is 19.3. The molecule has 3 aromatic carbocycles. The lowest BCUT2D eigenvalue weighted by Crippen LogP contribution is -2.12. The molecule has 0 atom stereocenters. The summed E-state index contributed by atoms with van der Waals surface area (Å²) in [5.41, 5.74) is 2.92. The lowest BCUT2D eigenvalue weighted by atomic mass is 10.1. The minimum atomic E-state index is -0.281. The SMILES string of the molecule is CCOc1ccc(C(=O)Nc2cc(-c3nc4cc(Cl)ccc4o3)ccc2Cl)cc1. The van der Waals surface area contributed by atoms with E-state index in [4.69, 9.17) is 32.4 Å². The van der Waals surface area contributed by atoms with Crippen LogP contribution < -0.4 is 10.1 Å². The van der Waals surface area contributed by atoms with E-state index < -0.39 is 0 Å².